The van der Waals surface area contributed by atoms with Crippen molar-refractivity contribution in [3.63, 3.8) is 0 Å². The summed E-state index contributed by atoms with van der Waals surface area (Å²) >= 11 is 0. The Balaban J connectivity index is 1.84. The van der Waals surface area contributed by atoms with Gasteiger partial charge in [-0.1, -0.05) is 19.8 Å². The summed E-state index contributed by atoms with van der Waals surface area (Å²) in [5.74, 6) is 1.56. The third-order valence-electron chi connectivity index (χ3n) is 5.27. The van der Waals surface area contributed by atoms with Gasteiger partial charge in [-0.25, -0.2) is 9.97 Å². The summed E-state index contributed by atoms with van der Waals surface area (Å²) in [6, 6.07) is 3.83. The average molecular weight is 326 g/mol. The number of rotatable bonds is 4. The molecule has 0 aliphatic heterocycles. The van der Waals surface area contributed by atoms with Gasteiger partial charge < -0.3 is 10.4 Å². The molecule has 0 amide bonds. The highest BCUT2D eigenvalue weighted by Gasteiger charge is 2.35. The molecule has 1 aliphatic carbocycles. The number of aliphatic hydroxyl groups is 1. The maximum atomic E-state index is 10.4. The molecule has 0 saturated heterocycles. The van der Waals surface area contributed by atoms with E-state index in [-0.39, 0.29) is 11.5 Å². The highest BCUT2D eigenvalue weighted by atomic mass is 16.3. The van der Waals surface area contributed by atoms with E-state index >= 15 is 0 Å². The predicted molar refractivity (Wildman–Crippen MR) is 95.8 cm³/mol. The van der Waals surface area contributed by atoms with Gasteiger partial charge in [0.15, 0.2) is 5.82 Å². The molecule has 1 aliphatic rings. The summed E-state index contributed by atoms with van der Waals surface area (Å²) in [6.07, 6.45) is 7.49. The molecule has 5 heteroatoms. The van der Waals surface area contributed by atoms with E-state index in [1.54, 1.807) is 12.4 Å². The van der Waals surface area contributed by atoms with E-state index < -0.39 is 0 Å². The van der Waals surface area contributed by atoms with Crippen molar-refractivity contribution in [1.82, 2.24) is 15.0 Å². The number of hydrogen-bond acceptors (Lipinski definition) is 5. The fourth-order valence-corrected chi connectivity index (χ4v) is 3.30. The molecule has 0 bridgehead atoms. The molecule has 2 aromatic rings. The monoisotopic (exact) mass is 326 g/mol. The molecule has 2 atom stereocenters. The predicted octanol–water partition coefficient (Wildman–Crippen LogP) is 3.51. The highest BCUT2D eigenvalue weighted by Crippen LogP contribution is 2.36. The first-order valence-corrected chi connectivity index (χ1v) is 8.67. The second kappa shape index (κ2) is 6.85. The Morgan fingerprint density at radius 3 is 2.67 bits per heavy atom. The Labute approximate surface area is 143 Å². The normalized spacial score (nSPS) is 23.9. The lowest BCUT2D eigenvalue weighted by Gasteiger charge is -2.38. The second-order valence-electron chi connectivity index (χ2n) is 7.11. The van der Waals surface area contributed by atoms with Crippen LogP contribution in [0.15, 0.2) is 24.5 Å². The first kappa shape index (κ1) is 16.8. The average Bonchev–Trinajstić information content (AvgIpc) is 2.60. The van der Waals surface area contributed by atoms with Crippen LogP contribution in [0, 0.1) is 19.3 Å². The van der Waals surface area contributed by atoms with Crippen molar-refractivity contribution in [2.45, 2.75) is 52.6 Å². The molecule has 0 aromatic carbocycles. The maximum absolute atomic E-state index is 10.4. The van der Waals surface area contributed by atoms with E-state index in [1.165, 1.54) is 6.42 Å². The van der Waals surface area contributed by atoms with Gasteiger partial charge in [-0.05, 0) is 38.8 Å². The lowest BCUT2D eigenvalue weighted by atomic mass is 9.73. The SMILES string of the molecule is Cc1nc(-c2ccncc2)nc(NCC2(C)CCCCC2O)c1C. The minimum Gasteiger partial charge on any atom is -0.392 e. The van der Waals surface area contributed by atoms with Crippen LogP contribution in [0.5, 0.6) is 0 Å². The standard InChI is InChI=1S/C19H26N4O/c1-13-14(2)22-18(15-7-10-20-11-8-15)23-17(13)21-12-19(3)9-5-4-6-16(19)24/h7-8,10-11,16,24H,4-6,9,12H2,1-3H3,(H,21,22,23). The van der Waals surface area contributed by atoms with E-state index in [4.69, 9.17) is 4.98 Å². The first-order chi connectivity index (χ1) is 11.5. The van der Waals surface area contributed by atoms with Crippen LogP contribution < -0.4 is 5.32 Å². The second-order valence-corrected chi connectivity index (χ2v) is 7.11. The Kier molecular flexibility index (Phi) is 4.81. The molecule has 5 nitrogen and oxygen atoms in total. The van der Waals surface area contributed by atoms with Gasteiger partial charge in [-0.2, -0.15) is 0 Å². The molecule has 2 heterocycles. The number of pyridine rings is 1. The topological polar surface area (TPSA) is 70.9 Å². The summed E-state index contributed by atoms with van der Waals surface area (Å²) in [6.45, 7) is 6.93. The number of aryl methyl sites for hydroxylation is 1. The van der Waals surface area contributed by atoms with Gasteiger partial charge >= 0.3 is 0 Å². The molecule has 0 radical (unpaired) electrons. The van der Waals surface area contributed by atoms with E-state index in [2.05, 4.69) is 22.2 Å². The molecule has 0 spiro atoms. The number of aromatic nitrogens is 3. The van der Waals surface area contributed by atoms with Crippen molar-refractivity contribution in [1.29, 1.82) is 0 Å². The van der Waals surface area contributed by atoms with Crippen LogP contribution in [0.1, 0.15) is 43.9 Å². The molecule has 2 unspecified atom stereocenters. The molecule has 1 saturated carbocycles. The smallest absolute Gasteiger partial charge is 0.161 e. The minimum atomic E-state index is -0.248. The summed E-state index contributed by atoms with van der Waals surface area (Å²) in [5.41, 5.74) is 2.89. The zero-order chi connectivity index (χ0) is 17.2. The zero-order valence-corrected chi connectivity index (χ0v) is 14.7. The van der Waals surface area contributed by atoms with Crippen molar-refractivity contribution < 1.29 is 5.11 Å². The Morgan fingerprint density at radius 1 is 1.21 bits per heavy atom. The fraction of sp³-hybridized carbons (Fsp3) is 0.526. The van der Waals surface area contributed by atoms with Gasteiger partial charge in [-0.15, -0.1) is 0 Å². The van der Waals surface area contributed by atoms with Crippen molar-refractivity contribution in [2.75, 3.05) is 11.9 Å². The summed E-state index contributed by atoms with van der Waals surface area (Å²) in [7, 11) is 0. The molecule has 3 rings (SSSR count). The van der Waals surface area contributed by atoms with Crippen LogP contribution in [0.2, 0.25) is 0 Å². The van der Waals surface area contributed by atoms with Crippen molar-refractivity contribution in [2.24, 2.45) is 5.41 Å². The Morgan fingerprint density at radius 2 is 1.96 bits per heavy atom. The van der Waals surface area contributed by atoms with Gasteiger partial charge in [0.25, 0.3) is 0 Å². The van der Waals surface area contributed by atoms with Crippen LogP contribution in [0.3, 0.4) is 0 Å². The van der Waals surface area contributed by atoms with E-state index in [0.29, 0.717) is 5.82 Å². The van der Waals surface area contributed by atoms with E-state index in [0.717, 1.165) is 48.4 Å². The molecule has 24 heavy (non-hydrogen) atoms. The van der Waals surface area contributed by atoms with Crippen molar-refractivity contribution >= 4 is 5.82 Å². The van der Waals surface area contributed by atoms with Gasteiger partial charge in [0.2, 0.25) is 0 Å². The summed E-state index contributed by atoms with van der Waals surface area (Å²) in [4.78, 5) is 13.4. The van der Waals surface area contributed by atoms with E-state index in [9.17, 15) is 5.11 Å². The van der Waals surface area contributed by atoms with Gasteiger partial charge in [-0.3, -0.25) is 4.98 Å². The highest BCUT2D eigenvalue weighted by molar-refractivity contribution is 5.59. The molecular formula is C19H26N4O. The number of nitrogens with zero attached hydrogens (tertiary/aromatic N) is 3. The largest absolute Gasteiger partial charge is 0.392 e. The van der Waals surface area contributed by atoms with Crippen LogP contribution >= 0.6 is 0 Å². The lowest BCUT2D eigenvalue weighted by Crippen LogP contribution is -2.41. The molecular weight excluding hydrogens is 300 g/mol. The summed E-state index contributed by atoms with van der Waals surface area (Å²) < 4.78 is 0. The van der Waals surface area contributed by atoms with Crippen LogP contribution in [-0.2, 0) is 0 Å². The third-order valence-corrected chi connectivity index (χ3v) is 5.27. The minimum absolute atomic E-state index is 0.0969. The van der Waals surface area contributed by atoms with Crippen LogP contribution in [0.25, 0.3) is 11.4 Å². The quantitative estimate of drug-likeness (QED) is 0.899. The first-order valence-electron chi connectivity index (χ1n) is 8.67. The maximum Gasteiger partial charge on any atom is 0.161 e. The van der Waals surface area contributed by atoms with Crippen molar-refractivity contribution in [3.05, 3.63) is 35.8 Å². The van der Waals surface area contributed by atoms with E-state index in [1.807, 2.05) is 26.0 Å². The number of aliphatic hydroxyl groups excluding tert-OH is 1. The Bertz CT molecular complexity index is 704. The molecule has 2 aromatic heterocycles. The molecule has 2 N–H and O–H groups in total. The van der Waals surface area contributed by atoms with Crippen molar-refractivity contribution in [3.8, 4) is 11.4 Å². The van der Waals surface area contributed by atoms with Gasteiger partial charge in [0.1, 0.15) is 5.82 Å². The third kappa shape index (κ3) is 3.41. The lowest BCUT2D eigenvalue weighted by molar-refractivity contribution is 0.00957. The van der Waals surface area contributed by atoms with Crippen LogP contribution in [0.4, 0.5) is 5.82 Å². The molecule has 128 valence electrons. The van der Waals surface area contributed by atoms with Crippen LogP contribution in [-0.4, -0.2) is 32.7 Å². The van der Waals surface area contributed by atoms with Gasteiger partial charge in [0, 0.05) is 41.2 Å². The van der Waals surface area contributed by atoms with Gasteiger partial charge in [0.05, 0.1) is 6.10 Å². The summed E-state index contributed by atoms with van der Waals surface area (Å²) in [5, 5.41) is 13.9. The number of hydrogen-bond donors (Lipinski definition) is 2. The zero-order valence-electron chi connectivity index (χ0n) is 14.7. The fourth-order valence-electron chi connectivity index (χ4n) is 3.30. The number of anilines is 1. The Hall–Kier alpha value is -2.01. The molecule has 1 fully saturated rings. The number of nitrogens with one attached hydrogen (secondary N) is 1.